The van der Waals surface area contributed by atoms with Crippen molar-refractivity contribution in [3.63, 3.8) is 0 Å². The van der Waals surface area contributed by atoms with Crippen molar-refractivity contribution in [3.05, 3.63) is 94.7 Å². The SMILES string of the molecule is CC(C)c1nnc(C2CCC(C(=O)CCCNC(=O)c3cn(-c4ccccc4F)nc3C(F)(F)F)CC2)o1.CC(C)c1nnc(C2CCC(C(=O)NCCCC(=O)OC(C)(C)C)CC2)o1.CC(C)c1nnc(C2CCC(C(=O)NCCN)CC2)o1.CC(C)c1nnc(C2CCC(C(=O)O)CC2)o1.Cl. The number of hydrogen-bond acceptors (Lipinski definition) is 21. The fourth-order valence-corrected chi connectivity index (χ4v) is 12.6. The van der Waals surface area contributed by atoms with E-state index in [1.54, 1.807) is 0 Å². The van der Waals surface area contributed by atoms with Crippen LogP contribution in [0.3, 0.4) is 0 Å². The fraction of sp³-hybridized carbons (Fsp3) is 0.681. The third-order valence-corrected chi connectivity index (χ3v) is 18.6. The summed E-state index contributed by atoms with van der Waals surface area (Å²) >= 11 is 0. The van der Waals surface area contributed by atoms with E-state index < -0.39 is 40.7 Å². The molecule has 6 N–H and O–H groups in total. The lowest BCUT2D eigenvalue weighted by atomic mass is 9.79. The van der Waals surface area contributed by atoms with Crippen LogP contribution in [0.2, 0.25) is 0 Å². The number of amides is 3. The zero-order valence-electron chi connectivity index (χ0n) is 61.2. The summed E-state index contributed by atoms with van der Waals surface area (Å²) in [5.74, 6) is 4.58. The van der Waals surface area contributed by atoms with E-state index in [9.17, 15) is 46.3 Å². The van der Waals surface area contributed by atoms with Crippen molar-refractivity contribution >= 4 is 47.9 Å². The molecule has 5 heterocycles. The Hall–Kier alpha value is -8.02. The van der Waals surface area contributed by atoms with E-state index in [1.807, 2.05) is 76.2 Å². The number of benzene rings is 1. The fourth-order valence-electron chi connectivity index (χ4n) is 12.6. The Kier molecular flexibility index (Phi) is 32.4. The van der Waals surface area contributed by atoms with Crippen LogP contribution in [0.4, 0.5) is 17.6 Å². The van der Waals surface area contributed by atoms with Gasteiger partial charge in [-0.3, -0.25) is 28.8 Å². The third kappa shape index (κ3) is 25.7. The maximum Gasteiger partial charge on any atom is 0.435 e. The van der Waals surface area contributed by atoms with E-state index in [-0.39, 0.29) is 126 Å². The van der Waals surface area contributed by atoms with Crippen LogP contribution < -0.4 is 21.7 Å². The van der Waals surface area contributed by atoms with Crippen LogP contribution in [0.15, 0.2) is 48.1 Å². The molecule has 103 heavy (non-hydrogen) atoms. The van der Waals surface area contributed by atoms with Crippen molar-refractivity contribution in [2.45, 2.75) is 264 Å². The number of carboxylic acids is 1. The molecule has 4 saturated carbocycles. The maximum atomic E-state index is 14.0. The predicted molar refractivity (Wildman–Crippen MR) is 372 cm³/mol. The predicted octanol–water partition coefficient (Wildman–Crippen LogP) is 13.8. The average molecular weight is 1470 g/mol. The molecule has 3 amide bonds. The number of carboxylic acid groups (broad SMARTS) is 1. The minimum atomic E-state index is -4.91. The number of alkyl halides is 3. The van der Waals surface area contributed by atoms with Gasteiger partial charge in [-0.1, -0.05) is 67.5 Å². The molecule has 1 aromatic carbocycles. The van der Waals surface area contributed by atoms with Crippen LogP contribution in [0.1, 0.15) is 315 Å². The highest BCUT2D eigenvalue weighted by Gasteiger charge is 2.40. The molecule has 0 unspecified atom stereocenters. The number of hydrogen-bond donors (Lipinski definition) is 5. The molecule has 26 nitrogen and oxygen atoms in total. The van der Waals surface area contributed by atoms with Crippen molar-refractivity contribution in [2.24, 2.45) is 29.4 Å². The second kappa shape index (κ2) is 39.7. The van der Waals surface area contributed by atoms with Gasteiger partial charge in [0.05, 0.1) is 11.5 Å². The Labute approximate surface area is 605 Å². The summed E-state index contributed by atoms with van der Waals surface area (Å²) in [5.41, 5.74) is 2.59. The van der Waals surface area contributed by atoms with Crippen LogP contribution in [0, 0.1) is 29.5 Å². The number of para-hydroxylation sites is 1. The quantitative estimate of drug-likeness (QED) is 0.0213. The summed E-state index contributed by atoms with van der Waals surface area (Å²) in [4.78, 5) is 71.9. The minimum Gasteiger partial charge on any atom is -0.481 e. The Morgan fingerprint density at radius 1 is 0.544 bits per heavy atom. The highest BCUT2D eigenvalue weighted by Crippen LogP contribution is 2.40. The number of aliphatic carboxylic acids is 1. The van der Waals surface area contributed by atoms with Gasteiger partial charge in [0.2, 0.25) is 58.9 Å². The number of nitrogens with one attached hydrogen (secondary N) is 3. The largest absolute Gasteiger partial charge is 0.481 e. The summed E-state index contributed by atoms with van der Waals surface area (Å²) in [5, 5.41) is 53.3. The van der Waals surface area contributed by atoms with Gasteiger partial charge in [0.25, 0.3) is 5.91 Å². The number of rotatable bonds is 24. The molecule has 0 saturated heterocycles. The Morgan fingerprint density at radius 3 is 1.27 bits per heavy atom. The lowest BCUT2D eigenvalue weighted by Crippen LogP contribution is -2.35. The van der Waals surface area contributed by atoms with Gasteiger partial charge in [-0.05, 0) is 148 Å². The molecular weight excluding hydrogens is 1360 g/mol. The molecule has 570 valence electrons. The van der Waals surface area contributed by atoms with Crippen LogP contribution in [-0.2, 0) is 34.9 Å². The summed E-state index contributed by atoms with van der Waals surface area (Å²) in [7, 11) is 0. The molecule has 0 radical (unpaired) electrons. The topological polar surface area (TPSA) is 367 Å². The molecule has 0 spiro atoms. The number of ketones is 1. The first-order chi connectivity index (χ1) is 48.4. The normalized spacial score (nSPS) is 20.7. The number of Topliss-reactive ketones (excluding diaryl/α,β-unsaturated/α-hetero) is 1. The highest BCUT2D eigenvalue weighted by molar-refractivity contribution is 5.95. The monoisotopic (exact) mass is 1470 g/mol. The van der Waals surface area contributed by atoms with Gasteiger partial charge in [-0.2, -0.15) is 18.3 Å². The summed E-state index contributed by atoms with van der Waals surface area (Å²) in [6.45, 7) is 23.2. The Morgan fingerprint density at radius 2 is 0.913 bits per heavy atom. The molecule has 31 heteroatoms. The highest BCUT2D eigenvalue weighted by atomic mass is 35.5. The molecule has 0 aliphatic heterocycles. The number of nitrogens with two attached hydrogens (primary N) is 1. The number of nitrogens with zero attached hydrogens (tertiary/aromatic N) is 10. The molecule has 4 aliphatic carbocycles. The summed E-state index contributed by atoms with van der Waals surface area (Å²) in [6, 6.07) is 5.18. The molecule has 5 aromatic heterocycles. The first kappa shape index (κ1) is 83.9. The molecule has 4 fully saturated rings. The maximum absolute atomic E-state index is 14.0. The van der Waals surface area contributed by atoms with E-state index in [0.29, 0.717) is 110 Å². The summed E-state index contributed by atoms with van der Waals surface area (Å²) < 4.78 is 83.3. The van der Waals surface area contributed by atoms with Gasteiger partial charge in [0, 0.05) is 110 Å². The van der Waals surface area contributed by atoms with E-state index >= 15 is 0 Å². The van der Waals surface area contributed by atoms with Crippen molar-refractivity contribution in [2.75, 3.05) is 26.2 Å². The third-order valence-electron chi connectivity index (χ3n) is 18.6. The summed E-state index contributed by atoms with van der Waals surface area (Å²) in [6.07, 6.45) is 10.4. The number of esters is 1. The van der Waals surface area contributed by atoms with Crippen LogP contribution in [0.5, 0.6) is 0 Å². The van der Waals surface area contributed by atoms with Crippen LogP contribution >= 0.6 is 12.4 Å². The van der Waals surface area contributed by atoms with E-state index in [0.717, 1.165) is 95.2 Å². The molecule has 6 aromatic rings. The second-order valence-electron chi connectivity index (χ2n) is 29.2. The van der Waals surface area contributed by atoms with E-state index in [1.165, 1.54) is 18.2 Å². The number of aromatic nitrogens is 10. The van der Waals surface area contributed by atoms with E-state index in [2.05, 4.69) is 61.8 Å². The number of carbonyl (C=O) groups excluding carboxylic acids is 5. The van der Waals surface area contributed by atoms with Crippen LogP contribution in [-0.4, -0.2) is 123 Å². The van der Waals surface area contributed by atoms with Crippen molar-refractivity contribution in [3.8, 4) is 5.69 Å². The average Bonchev–Trinajstić information content (AvgIpc) is 1.65. The first-order valence-electron chi connectivity index (χ1n) is 36.1. The molecule has 0 atom stereocenters. The number of ether oxygens (including phenoxy) is 1. The smallest absolute Gasteiger partial charge is 0.435 e. The molecular formula is C72H105ClF4N14O12. The van der Waals surface area contributed by atoms with Gasteiger partial charge < -0.3 is 49.2 Å². The number of carbonyl (C=O) groups is 6. The van der Waals surface area contributed by atoms with Gasteiger partial charge in [0.15, 0.2) is 5.69 Å². The Bertz CT molecular complexity index is 3620. The number of halogens is 5. The van der Waals surface area contributed by atoms with Gasteiger partial charge >= 0.3 is 18.1 Å². The van der Waals surface area contributed by atoms with Gasteiger partial charge in [-0.15, -0.1) is 53.2 Å². The van der Waals surface area contributed by atoms with Crippen molar-refractivity contribution in [1.29, 1.82) is 0 Å². The van der Waals surface area contributed by atoms with Crippen molar-refractivity contribution in [1.82, 2.24) is 66.5 Å². The van der Waals surface area contributed by atoms with Gasteiger partial charge in [-0.25, -0.2) is 9.07 Å². The molecule has 0 bridgehead atoms. The van der Waals surface area contributed by atoms with E-state index in [4.69, 9.17) is 33.2 Å². The van der Waals surface area contributed by atoms with Crippen molar-refractivity contribution < 1.29 is 73.8 Å². The zero-order chi connectivity index (χ0) is 74.4. The first-order valence-corrected chi connectivity index (χ1v) is 36.1. The lowest BCUT2D eigenvalue weighted by molar-refractivity contribution is -0.155. The lowest BCUT2D eigenvalue weighted by Gasteiger charge is -2.25. The zero-order valence-corrected chi connectivity index (χ0v) is 62.0. The van der Waals surface area contributed by atoms with Gasteiger partial charge in [0.1, 0.15) is 22.9 Å². The minimum absolute atomic E-state index is 0. The molecule has 4 aliphatic rings. The standard InChI is InChI=1S/C26H29F4N5O3.C20H33N3O4.C14H24N4O2.C12H18N2O3.ClH/c1-15(2)24-32-33-25(38-24)17-11-9-16(10-12-17)21(36)8-5-13-31-23(37)18-14-35(34-22(18)26(28,29)30)20-7-4-3-6-19(20)27;1-13(2)18-22-23-19(26-18)15-10-8-14(9-11-15)17(25)21-12-6-7-16(24)27-20(3,4)5;1-9(2)13-17-18-14(20-13)11-5-3-10(4-6-11)12(19)16-8-7-15;1-7(2)10-13-14-11(17-10)8-3-5-9(6-4-8)12(15)16;/h3-4,6-7,14-17H,5,8-13H2,1-2H3,(H,31,37);13-15H,6-12H2,1-5H3,(H,21,25);9-11H,3-8,15H2,1-2H3,(H,16,19);7-9H,3-6H2,1-2H3,(H,15,16);1H. The second-order valence-corrected chi connectivity index (χ2v) is 29.2. The van der Waals surface area contributed by atoms with Crippen LogP contribution in [0.25, 0.3) is 5.69 Å². The molecule has 10 rings (SSSR count). The Balaban J connectivity index is 0.000000225.